The molecule has 0 unspecified atom stereocenters. The minimum Gasteiger partial charge on any atom is -0.431 e. The fourth-order valence-electron chi connectivity index (χ4n) is 3.25. The Balaban J connectivity index is 1.45. The van der Waals surface area contributed by atoms with Gasteiger partial charge in [-0.25, -0.2) is 9.97 Å². The standard InChI is InChI=1S/C25H17N3O2S/c29-24(31-25-27-20-13-7-8-14-22(20)30-25)28-23-16-19(17-9-3-1-4-10-17)15-21(26-23)18-11-5-2-6-12-18/h1-16H,(H,26,28,29). The molecule has 0 aliphatic carbocycles. The van der Waals surface area contributed by atoms with Gasteiger partial charge in [-0.1, -0.05) is 72.8 Å². The smallest absolute Gasteiger partial charge is 0.293 e. The van der Waals surface area contributed by atoms with Crippen LogP contribution in [0.5, 0.6) is 0 Å². The lowest BCUT2D eigenvalue weighted by atomic mass is 10.0. The molecule has 0 aliphatic heterocycles. The number of carbonyl (C=O) groups excluding carboxylic acids is 1. The Labute approximate surface area is 183 Å². The second-order valence-corrected chi connectivity index (χ2v) is 7.74. The maximum Gasteiger partial charge on any atom is 0.293 e. The normalized spacial score (nSPS) is 10.8. The van der Waals surface area contributed by atoms with Gasteiger partial charge in [0.2, 0.25) is 0 Å². The Morgan fingerprint density at radius 3 is 2.16 bits per heavy atom. The predicted molar refractivity (Wildman–Crippen MR) is 124 cm³/mol. The van der Waals surface area contributed by atoms with Crippen molar-refractivity contribution in [2.24, 2.45) is 0 Å². The number of carbonyl (C=O) groups is 1. The van der Waals surface area contributed by atoms with Crippen LogP contribution in [0.15, 0.2) is 107 Å². The summed E-state index contributed by atoms with van der Waals surface area (Å²) in [6.07, 6.45) is 0. The van der Waals surface area contributed by atoms with Gasteiger partial charge in [-0.3, -0.25) is 4.79 Å². The molecule has 150 valence electrons. The quantitative estimate of drug-likeness (QED) is 0.319. The lowest BCUT2D eigenvalue weighted by Crippen LogP contribution is -2.07. The molecule has 0 bridgehead atoms. The average Bonchev–Trinajstić information content (AvgIpc) is 3.22. The summed E-state index contributed by atoms with van der Waals surface area (Å²) >= 11 is 0.900. The molecule has 5 rings (SSSR count). The van der Waals surface area contributed by atoms with Crippen LogP contribution in [-0.2, 0) is 0 Å². The molecule has 2 aromatic heterocycles. The molecule has 2 heterocycles. The molecule has 0 fully saturated rings. The number of fused-ring (bicyclic) bond motifs is 1. The number of hydrogen-bond donors (Lipinski definition) is 1. The van der Waals surface area contributed by atoms with Crippen molar-refractivity contribution >= 4 is 33.9 Å². The van der Waals surface area contributed by atoms with Crippen molar-refractivity contribution in [1.29, 1.82) is 0 Å². The monoisotopic (exact) mass is 423 g/mol. The number of para-hydroxylation sites is 2. The van der Waals surface area contributed by atoms with Crippen LogP contribution >= 0.6 is 11.8 Å². The molecular weight excluding hydrogens is 406 g/mol. The van der Waals surface area contributed by atoms with Gasteiger partial charge in [0.15, 0.2) is 5.58 Å². The molecule has 0 radical (unpaired) electrons. The van der Waals surface area contributed by atoms with Crippen LogP contribution in [0.4, 0.5) is 10.6 Å². The number of anilines is 1. The van der Waals surface area contributed by atoms with Gasteiger partial charge in [0, 0.05) is 17.3 Å². The van der Waals surface area contributed by atoms with Crippen molar-refractivity contribution in [3.05, 3.63) is 97.1 Å². The van der Waals surface area contributed by atoms with Gasteiger partial charge in [0.05, 0.1) is 5.69 Å². The van der Waals surface area contributed by atoms with Crippen LogP contribution < -0.4 is 5.32 Å². The van der Waals surface area contributed by atoms with Gasteiger partial charge in [-0.15, -0.1) is 0 Å². The summed E-state index contributed by atoms with van der Waals surface area (Å²) in [5, 5.41) is 2.84. The van der Waals surface area contributed by atoms with Crippen molar-refractivity contribution in [3.63, 3.8) is 0 Å². The van der Waals surface area contributed by atoms with E-state index in [0.29, 0.717) is 22.1 Å². The number of nitrogens with one attached hydrogen (secondary N) is 1. The van der Waals surface area contributed by atoms with Gasteiger partial charge in [0.1, 0.15) is 11.3 Å². The third-order valence-electron chi connectivity index (χ3n) is 4.69. The average molecular weight is 423 g/mol. The number of aromatic nitrogens is 2. The van der Waals surface area contributed by atoms with E-state index < -0.39 is 0 Å². The highest BCUT2D eigenvalue weighted by Crippen LogP contribution is 2.29. The predicted octanol–water partition coefficient (Wildman–Crippen LogP) is 6.88. The highest BCUT2D eigenvalue weighted by Gasteiger charge is 2.14. The molecule has 0 aliphatic rings. The number of benzene rings is 3. The van der Waals surface area contributed by atoms with Gasteiger partial charge >= 0.3 is 0 Å². The van der Waals surface area contributed by atoms with E-state index in [9.17, 15) is 4.79 Å². The molecule has 3 aromatic carbocycles. The lowest BCUT2D eigenvalue weighted by molar-refractivity contribution is 0.269. The van der Waals surface area contributed by atoms with Crippen LogP contribution in [0.25, 0.3) is 33.5 Å². The summed E-state index contributed by atoms with van der Waals surface area (Å²) in [6.45, 7) is 0. The molecule has 0 spiro atoms. The number of oxazole rings is 1. The van der Waals surface area contributed by atoms with Crippen LogP contribution in [0.3, 0.4) is 0 Å². The second kappa shape index (κ2) is 8.45. The molecule has 6 heteroatoms. The number of amides is 1. The zero-order chi connectivity index (χ0) is 21.0. The Morgan fingerprint density at radius 2 is 1.42 bits per heavy atom. The van der Waals surface area contributed by atoms with E-state index in [1.807, 2.05) is 97.1 Å². The van der Waals surface area contributed by atoms with Gasteiger partial charge in [-0.2, -0.15) is 0 Å². The van der Waals surface area contributed by atoms with E-state index in [4.69, 9.17) is 4.42 Å². The molecule has 0 atom stereocenters. The molecule has 31 heavy (non-hydrogen) atoms. The summed E-state index contributed by atoms with van der Waals surface area (Å²) in [4.78, 5) is 21.7. The molecule has 1 amide bonds. The minimum atomic E-state index is -0.316. The van der Waals surface area contributed by atoms with Gasteiger partial charge < -0.3 is 9.73 Å². The second-order valence-electron chi connectivity index (χ2n) is 6.82. The SMILES string of the molecule is O=C(Nc1cc(-c2ccccc2)cc(-c2ccccc2)n1)Sc1nc2ccccc2o1. The van der Waals surface area contributed by atoms with Crippen molar-refractivity contribution in [2.75, 3.05) is 5.32 Å². The van der Waals surface area contributed by atoms with Crippen LogP contribution in [-0.4, -0.2) is 15.2 Å². The van der Waals surface area contributed by atoms with E-state index >= 15 is 0 Å². The molecular formula is C25H17N3O2S. The Bertz CT molecular complexity index is 1260. The molecule has 5 nitrogen and oxygen atoms in total. The van der Waals surface area contributed by atoms with Crippen LogP contribution in [0.2, 0.25) is 0 Å². The fourth-order valence-corrected chi connectivity index (χ4v) is 3.84. The van der Waals surface area contributed by atoms with E-state index in [1.54, 1.807) is 0 Å². The summed E-state index contributed by atoms with van der Waals surface area (Å²) in [6, 6.07) is 31.2. The summed E-state index contributed by atoms with van der Waals surface area (Å²) in [5.41, 5.74) is 5.13. The maximum atomic E-state index is 12.7. The number of rotatable bonds is 4. The highest BCUT2D eigenvalue weighted by molar-refractivity contribution is 8.13. The van der Waals surface area contributed by atoms with Crippen LogP contribution in [0, 0.1) is 0 Å². The first-order valence-electron chi connectivity index (χ1n) is 9.72. The molecule has 5 aromatic rings. The number of thioether (sulfide) groups is 1. The number of nitrogens with zero attached hydrogens (tertiary/aromatic N) is 2. The molecule has 0 saturated heterocycles. The Kier molecular flexibility index (Phi) is 5.21. The number of hydrogen-bond acceptors (Lipinski definition) is 5. The van der Waals surface area contributed by atoms with Crippen molar-refractivity contribution < 1.29 is 9.21 Å². The van der Waals surface area contributed by atoms with E-state index in [0.717, 1.165) is 34.1 Å². The van der Waals surface area contributed by atoms with Gasteiger partial charge in [-0.05, 0) is 35.4 Å². The first-order valence-corrected chi connectivity index (χ1v) is 10.5. The first-order chi connectivity index (χ1) is 15.2. The van der Waals surface area contributed by atoms with Gasteiger partial charge in [0.25, 0.3) is 10.5 Å². The van der Waals surface area contributed by atoms with Crippen molar-refractivity contribution in [1.82, 2.24) is 9.97 Å². The number of pyridine rings is 1. The Morgan fingerprint density at radius 1 is 0.742 bits per heavy atom. The molecule has 0 saturated carbocycles. The highest BCUT2D eigenvalue weighted by atomic mass is 32.2. The van der Waals surface area contributed by atoms with Crippen molar-refractivity contribution in [3.8, 4) is 22.4 Å². The Hall–Kier alpha value is -3.90. The first kappa shape index (κ1) is 19.1. The zero-order valence-corrected chi connectivity index (χ0v) is 17.2. The summed E-state index contributed by atoms with van der Waals surface area (Å²) in [7, 11) is 0. The largest absolute Gasteiger partial charge is 0.431 e. The zero-order valence-electron chi connectivity index (χ0n) is 16.4. The maximum absolute atomic E-state index is 12.7. The summed E-state index contributed by atoms with van der Waals surface area (Å²) in [5.74, 6) is 0.466. The third kappa shape index (κ3) is 4.34. The lowest BCUT2D eigenvalue weighted by Gasteiger charge is -2.10. The topological polar surface area (TPSA) is 68.0 Å². The minimum absolute atomic E-state index is 0.293. The molecule has 1 N–H and O–H groups in total. The fraction of sp³-hybridized carbons (Fsp3) is 0. The van der Waals surface area contributed by atoms with E-state index in [2.05, 4.69) is 15.3 Å². The third-order valence-corrected chi connectivity index (χ3v) is 5.32. The van der Waals surface area contributed by atoms with E-state index in [-0.39, 0.29) is 5.24 Å². The van der Waals surface area contributed by atoms with E-state index in [1.165, 1.54) is 0 Å². The van der Waals surface area contributed by atoms with Crippen molar-refractivity contribution in [2.45, 2.75) is 5.22 Å². The summed E-state index contributed by atoms with van der Waals surface area (Å²) < 4.78 is 5.63. The van der Waals surface area contributed by atoms with Crippen LogP contribution in [0.1, 0.15) is 0 Å².